The maximum atomic E-state index is 13.4. The van der Waals surface area contributed by atoms with Gasteiger partial charge in [0.1, 0.15) is 18.4 Å². The minimum absolute atomic E-state index is 0.0982. The standard InChI is InChI=1S/C27H29ClN4O2S/c1-4-12-35-26-30-25-29-21-14-27(2,3)15-22(33)23(21)24(32(25)31-26)18-6-5-7-20(13-18)34-16-17-8-10-19(28)11-9-17/h5-11,13,24H,4,12,14-16H2,1-3H3,(H,29,30,31). The van der Waals surface area contributed by atoms with Crippen LogP contribution in [0.1, 0.15) is 57.2 Å². The second-order valence-corrected chi connectivity index (χ2v) is 11.4. The van der Waals surface area contributed by atoms with E-state index in [4.69, 9.17) is 26.4 Å². The molecule has 35 heavy (non-hydrogen) atoms. The van der Waals surface area contributed by atoms with E-state index < -0.39 is 0 Å². The zero-order valence-electron chi connectivity index (χ0n) is 20.2. The van der Waals surface area contributed by atoms with Crippen LogP contribution < -0.4 is 10.1 Å². The van der Waals surface area contributed by atoms with Gasteiger partial charge in [0.25, 0.3) is 0 Å². The van der Waals surface area contributed by atoms with E-state index in [0.717, 1.165) is 51.9 Å². The van der Waals surface area contributed by atoms with E-state index in [0.29, 0.717) is 24.0 Å². The lowest BCUT2D eigenvalue weighted by molar-refractivity contribution is -0.118. The minimum Gasteiger partial charge on any atom is -0.489 e. The van der Waals surface area contributed by atoms with Crippen LogP contribution in [0.5, 0.6) is 5.75 Å². The number of Topliss-reactive ketones (excluding diaryl/α,β-unsaturated/α-hetero) is 1. The fourth-order valence-corrected chi connectivity index (χ4v) is 5.48. The zero-order valence-corrected chi connectivity index (χ0v) is 21.7. The third kappa shape index (κ3) is 5.11. The Kier molecular flexibility index (Phi) is 6.64. The quantitative estimate of drug-likeness (QED) is 0.359. The van der Waals surface area contributed by atoms with Crippen molar-refractivity contribution in [2.45, 2.75) is 57.8 Å². The summed E-state index contributed by atoms with van der Waals surface area (Å²) in [6.45, 7) is 6.85. The molecule has 0 saturated heterocycles. The monoisotopic (exact) mass is 508 g/mol. The fourth-order valence-electron chi connectivity index (χ4n) is 4.67. The van der Waals surface area contributed by atoms with Crippen molar-refractivity contribution in [2.24, 2.45) is 5.41 Å². The molecule has 1 atom stereocenters. The number of benzene rings is 2. The molecule has 6 nitrogen and oxygen atoms in total. The Morgan fingerprint density at radius 3 is 2.77 bits per heavy atom. The maximum Gasteiger partial charge on any atom is 0.227 e. The molecule has 0 fully saturated rings. The van der Waals surface area contributed by atoms with Gasteiger partial charge in [-0.15, -0.1) is 5.10 Å². The molecular formula is C27H29ClN4O2S. The number of carbonyl (C=O) groups excluding carboxylic acids is 1. The topological polar surface area (TPSA) is 69.0 Å². The molecule has 0 saturated carbocycles. The Balaban J connectivity index is 1.50. The number of anilines is 1. The van der Waals surface area contributed by atoms with E-state index in [-0.39, 0.29) is 17.2 Å². The number of thioether (sulfide) groups is 1. The number of nitrogens with zero attached hydrogens (tertiary/aromatic N) is 3. The number of carbonyl (C=O) groups is 1. The molecule has 182 valence electrons. The zero-order chi connectivity index (χ0) is 24.6. The number of ether oxygens (including phenoxy) is 1. The summed E-state index contributed by atoms with van der Waals surface area (Å²) < 4.78 is 7.96. The average molecular weight is 509 g/mol. The molecule has 5 rings (SSSR count). The molecule has 1 N–H and O–H groups in total. The molecule has 2 heterocycles. The van der Waals surface area contributed by atoms with Crippen LogP contribution in [0.4, 0.5) is 5.95 Å². The summed E-state index contributed by atoms with van der Waals surface area (Å²) in [5.74, 6) is 2.53. The second kappa shape index (κ2) is 9.70. The Morgan fingerprint density at radius 2 is 2.00 bits per heavy atom. The Bertz CT molecular complexity index is 1280. The first-order chi connectivity index (χ1) is 16.8. The van der Waals surface area contributed by atoms with Crippen molar-refractivity contribution >= 4 is 35.1 Å². The maximum absolute atomic E-state index is 13.4. The van der Waals surface area contributed by atoms with Crippen molar-refractivity contribution in [3.05, 3.63) is 76.0 Å². The molecule has 2 aromatic carbocycles. The Morgan fingerprint density at radius 1 is 1.20 bits per heavy atom. The van der Waals surface area contributed by atoms with Crippen LogP contribution in [-0.4, -0.2) is 26.3 Å². The number of hydrogen-bond donors (Lipinski definition) is 1. The van der Waals surface area contributed by atoms with E-state index in [1.165, 1.54) is 0 Å². The number of rotatable bonds is 7. The Labute approximate surface area is 215 Å². The first kappa shape index (κ1) is 23.9. The average Bonchev–Trinajstić information content (AvgIpc) is 3.23. The summed E-state index contributed by atoms with van der Waals surface area (Å²) in [4.78, 5) is 18.2. The SMILES string of the molecule is CCCSc1nc2n(n1)C(c1cccc(OCc3ccc(Cl)cc3)c1)C1=C(CC(C)(C)CC1=O)N2. The molecule has 8 heteroatoms. The summed E-state index contributed by atoms with van der Waals surface area (Å²) in [5, 5.41) is 9.67. The van der Waals surface area contributed by atoms with Crippen LogP contribution in [-0.2, 0) is 11.4 Å². The molecule has 2 aliphatic rings. The van der Waals surface area contributed by atoms with Crippen LogP contribution in [0, 0.1) is 5.41 Å². The number of fused-ring (bicyclic) bond motifs is 1. The van der Waals surface area contributed by atoms with Crippen LogP contribution in [0.25, 0.3) is 0 Å². The summed E-state index contributed by atoms with van der Waals surface area (Å²) in [7, 11) is 0. The number of ketones is 1. The molecule has 0 amide bonds. The van der Waals surface area contributed by atoms with Gasteiger partial charge in [-0.25, -0.2) is 4.68 Å². The van der Waals surface area contributed by atoms with Gasteiger partial charge in [-0.3, -0.25) is 4.79 Å². The molecule has 1 aliphatic carbocycles. The lowest BCUT2D eigenvalue weighted by Gasteiger charge is -2.38. The fraction of sp³-hybridized carbons (Fsp3) is 0.370. The molecular weight excluding hydrogens is 480 g/mol. The Hall–Kier alpha value is -2.77. The van der Waals surface area contributed by atoms with Gasteiger partial charge in [0, 0.05) is 28.5 Å². The highest BCUT2D eigenvalue weighted by Gasteiger charge is 2.42. The number of nitrogens with one attached hydrogen (secondary N) is 1. The van der Waals surface area contributed by atoms with Gasteiger partial charge in [0.15, 0.2) is 5.78 Å². The molecule has 0 radical (unpaired) electrons. The highest BCUT2D eigenvalue weighted by Crippen LogP contribution is 2.46. The van der Waals surface area contributed by atoms with Crippen molar-refractivity contribution in [3.8, 4) is 5.75 Å². The van der Waals surface area contributed by atoms with Crippen LogP contribution in [0.15, 0.2) is 65.0 Å². The van der Waals surface area contributed by atoms with Crippen molar-refractivity contribution < 1.29 is 9.53 Å². The van der Waals surface area contributed by atoms with E-state index in [2.05, 4.69) is 26.1 Å². The third-order valence-electron chi connectivity index (χ3n) is 6.24. The van der Waals surface area contributed by atoms with Gasteiger partial charge in [-0.2, -0.15) is 4.98 Å². The van der Waals surface area contributed by atoms with Gasteiger partial charge in [-0.05, 0) is 53.6 Å². The first-order valence-electron chi connectivity index (χ1n) is 11.9. The summed E-state index contributed by atoms with van der Waals surface area (Å²) in [6, 6.07) is 15.2. The number of hydrogen-bond acceptors (Lipinski definition) is 6. The predicted molar refractivity (Wildman–Crippen MR) is 140 cm³/mol. The van der Waals surface area contributed by atoms with Gasteiger partial charge >= 0.3 is 0 Å². The van der Waals surface area contributed by atoms with E-state index >= 15 is 0 Å². The highest BCUT2D eigenvalue weighted by atomic mass is 35.5. The lowest BCUT2D eigenvalue weighted by Crippen LogP contribution is -2.36. The smallest absolute Gasteiger partial charge is 0.227 e. The second-order valence-electron chi connectivity index (χ2n) is 9.86. The summed E-state index contributed by atoms with van der Waals surface area (Å²) in [6.07, 6.45) is 2.35. The highest BCUT2D eigenvalue weighted by molar-refractivity contribution is 7.99. The molecule has 3 aromatic rings. The van der Waals surface area contributed by atoms with E-state index in [9.17, 15) is 4.79 Å². The van der Waals surface area contributed by atoms with Crippen LogP contribution >= 0.6 is 23.4 Å². The molecule has 1 aromatic heterocycles. The van der Waals surface area contributed by atoms with Gasteiger partial charge in [0.2, 0.25) is 11.1 Å². The third-order valence-corrected chi connectivity index (χ3v) is 7.54. The van der Waals surface area contributed by atoms with Crippen molar-refractivity contribution in [3.63, 3.8) is 0 Å². The van der Waals surface area contributed by atoms with Crippen molar-refractivity contribution in [1.29, 1.82) is 0 Å². The normalized spacial score (nSPS) is 18.6. The predicted octanol–water partition coefficient (Wildman–Crippen LogP) is 6.67. The summed E-state index contributed by atoms with van der Waals surface area (Å²) >= 11 is 7.63. The summed E-state index contributed by atoms with van der Waals surface area (Å²) in [5.41, 5.74) is 3.63. The van der Waals surface area contributed by atoms with Gasteiger partial charge in [-0.1, -0.05) is 68.4 Å². The van der Waals surface area contributed by atoms with Crippen molar-refractivity contribution in [2.75, 3.05) is 11.1 Å². The number of halogens is 1. The van der Waals surface area contributed by atoms with Gasteiger partial charge < -0.3 is 10.1 Å². The van der Waals surface area contributed by atoms with Gasteiger partial charge in [0.05, 0.1) is 0 Å². The number of allylic oxidation sites excluding steroid dienone is 2. The minimum atomic E-state index is -0.340. The first-order valence-corrected chi connectivity index (χ1v) is 13.3. The largest absolute Gasteiger partial charge is 0.489 e. The molecule has 0 bridgehead atoms. The lowest BCUT2D eigenvalue weighted by atomic mass is 9.73. The number of aromatic nitrogens is 3. The molecule has 0 spiro atoms. The van der Waals surface area contributed by atoms with E-state index in [1.807, 2.05) is 53.2 Å². The van der Waals surface area contributed by atoms with Crippen molar-refractivity contribution in [1.82, 2.24) is 14.8 Å². The van der Waals surface area contributed by atoms with E-state index in [1.54, 1.807) is 11.8 Å². The van der Waals surface area contributed by atoms with Crippen LogP contribution in [0.3, 0.4) is 0 Å². The van der Waals surface area contributed by atoms with Crippen LogP contribution in [0.2, 0.25) is 5.02 Å². The molecule has 1 unspecified atom stereocenters. The molecule has 1 aliphatic heterocycles.